The van der Waals surface area contributed by atoms with Gasteiger partial charge in [-0.25, -0.2) is 14.6 Å². The summed E-state index contributed by atoms with van der Waals surface area (Å²) in [5, 5.41) is 4.67. The number of pyridine rings is 2. The van der Waals surface area contributed by atoms with Crippen LogP contribution < -0.4 is 9.64 Å². The Labute approximate surface area is 143 Å². The second-order valence-corrected chi connectivity index (χ2v) is 6.18. The van der Waals surface area contributed by atoms with E-state index in [-0.39, 0.29) is 5.78 Å². The second kappa shape index (κ2) is 5.41. The van der Waals surface area contributed by atoms with Crippen LogP contribution in [0.2, 0.25) is 0 Å². The van der Waals surface area contributed by atoms with Gasteiger partial charge in [0.25, 0.3) is 0 Å². The first-order chi connectivity index (χ1) is 12.3. The van der Waals surface area contributed by atoms with E-state index in [0.717, 1.165) is 34.9 Å². The lowest BCUT2D eigenvalue weighted by Gasteiger charge is -2.16. The Hall–Kier alpha value is -3.22. The maximum atomic E-state index is 11.4. The molecule has 0 N–H and O–H groups in total. The minimum absolute atomic E-state index is 0.274. The molecule has 0 unspecified atom stereocenters. The quantitative estimate of drug-likeness (QED) is 0.714. The van der Waals surface area contributed by atoms with Crippen molar-refractivity contribution in [2.45, 2.75) is 13.0 Å². The van der Waals surface area contributed by atoms with Crippen LogP contribution >= 0.6 is 0 Å². The molecule has 0 saturated carbocycles. The number of Topliss-reactive ketones (excluding diaryl/α,β-unsaturated/α-hetero) is 1. The Morgan fingerprint density at radius 1 is 1.16 bits per heavy atom. The van der Waals surface area contributed by atoms with E-state index in [4.69, 9.17) is 4.74 Å². The van der Waals surface area contributed by atoms with Gasteiger partial charge in [0.2, 0.25) is 5.88 Å². The minimum Gasteiger partial charge on any atom is -0.472 e. The normalized spacial score (nSPS) is 15.7. The number of rotatable bonds is 2. The van der Waals surface area contributed by atoms with E-state index < -0.39 is 0 Å². The minimum atomic E-state index is 0.274. The molecular formula is C18H15N5O2. The van der Waals surface area contributed by atoms with Gasteiger partial charge in [-0.2, -0.15) is 5.10 Å². The third kappa shape index (κ3) is 2.36. The zero-order valence-electron chi connectivity index (χ0n) is 13.4. The summed E-state index contributed by atoms with van der Waals surface area (Å²) in [6, 6.07) is 7.73. The lowest BCUT2D eigenvalue weighted by atomic mass is 10.1. The second-order valence-electron chi connectivity index (χ2n) is 6.18. The fourth-order valence-corrected chi connectivity index (χ4v) is 3.24. The first-order valence-corrected chi connectivity index (χ1v) is 8.18. The number of carbonyl (C=O) groups is 1. The maximum Gasteiger partial charge on any atom is 0.223 e. The number of hydrogen-bond acceptors (Lipinski definition) is 6. The standard InChI is InChI=1S/C18H15N5O2/c24-14-5-7-22(10-14)13-3-4-16(20-8-13)23-9-12-11-25-18-15(17(12)21-23)2-1-6-19-18/h1-4,6,8-9H,5,7,10-11H2. The molecule has 2 aliphatic rings. The molecule has 0 bridgehead atoms. The van der Waals surface area contributed by atoms with Gasteiger partial charge in [-0.3, -0.25) is 4.79 Å². The van der Waals surface area contributed by atoms with Crippen molar-refractivity contribution in [2.24, 2.45) is 0 Å². The van der Waals surface area contributed by atoms with Crippen LogP contribution in [0, 0.1) is 0 Å². The van der Waals surface area contributed by atoms with Crippen molar-refractivity contribution in [1.29, 1.82) is 0 Å². The van der Waals surface area contributed by atoms with Gasteiger partial charge in [0.1, 0.15) is 12.3 Å². The molecule has 1 saturated heterocycles. The molecule has 0 amide bonds. The smallest absolute Gasteiger partial charge is 0.223 e. The molecule has 5 rings (SSSR count). The third-order valence-corrected chi connectivity index (χ3v) is 4.54. The molecule has 7 nitrogen and oxygen atoms in total. The van der Waals surface area contributed by atoms with Crippen LogP contribution in [0.1, 0.15) is 12.0 Å². The van der Waals surface area contributed by atoms with Gasteiger partial charge in [-0.1, -0.05) is 0 Å². The van der Waals surface area contributed by atoms with Crippen LogP contribution in [-0.2, 0) is 11.4 Å². The van der Waals surface area contributed by atoms with Crippen LogP contribution in [0.15, 0.2) is 42.9 Å². The van der Waals surface area contributed by atoms with E-state index in [1.165, 1.54) is 0 Å². The summed E-state index contributed by atoms with van der Waals surface area (Å²) in [4.78, 5) is 22.2. The monoisotopic (exact) mass is 333 g/mol. The molecule has 7 heteroatoms. The Morgan fingerprint density at radius 2 is 2.12 bits per heavy atom. The molecule has 25 heavy (non-hydrogen) atoms. The van der Waals surface area contributed by atoms with Crippen molar-refractivity contribution in [3.05, 3.63) is 48.4 Å². The van der Waals surface area contributed by atoms with Gasteiger partial charge < -0.3 is 9.64 Å². The highest BCUT2D eigenvalue weighted by Gasteiger charge is 2.23. The van der Waals surface area contributed by atoms with E-state index in [0.29, 0.717) is 25.5 Å². The van der Waals surface area contributed by atoms with E-state index >= 15 is 0 Å². The Morgan fingerprint density at radius 3 is 2.92 bits per heavy atom. The number of hydrogen-bond donors (Lipinski definition) is 0. The highest BCUT2D eigenvalue weighted by molar-refractivity contribution is 5.87. The van der Waals surface area contributed by atoms with E-state index in [2.05, 4.69) is 15.1 Å². The molecule has 1 fully saturated rings. The first-order valence-electron chi connectivity index (χ1n) is 8.18. The number of anilines is 1. The maximum absolute atomic E-state index is 11.4. The summed E-state index contributed by atoms with van der Waals surface area (Å²) in [5.74, 6) is 1.62. The summed E-state index contributed by atoms with van der Waals surface area (Å²) >= 11 is 0. The lowest BCUT2D eigenvalue weighted by Crippen LogP contribution is -2.19. The highest BCUT2D eigenvalue weighted by atomic mass is 16.5. The van der Waals surface area contributed by atoms with Crippen molar-refractivity contribution in [2.75, 3.05) is 18.0 Å². The summed E-state index contributed by atoms with van der Waals surface area (Å²) in [6.07, 6.45) is 6.05. The van der Waals surface area contributed by atoms with E-state index in [9.17, 15) is 4.79 Å². The predicted octanol–water partition coefficient (Wildman–Crippen LogP) is 2.00. The summed E-state index contributed by atoms with van der Waals surface area (Å²) in [6.45, 7) is 1.68. The van der Waals surface area contributed by atoms with Crippen molar-refractivity contribution in [3.8, 4) is 23.0 Å². The van der Waals surface area contributed by atoms with E-state index in [1.807, 2.05) is 35.4 Å². The molecule has 0 spiro atoms. The molecule has 3 aromatic heterocycles. The van der Waals surface area contributed by atoms with Gasteiger partial charge >= 0.3 is 0 Å². The van der Waals surface area contributed by atoms with E-state index in [1.54, 1.807) is 17.1 Å². The first kappa shape index (κ1) is 14.2. The Bertz CT molecular complexity index is 964. The summed E-state index contributed by atoms with van der Waals surface area (Å²) < 4.78 is 7.43. The van der Waals surface area contributed by atoms with Crippen LogP contribution in [-0.4, -0.2) is 38.6 Å². The number of fused-ring (bicyclic) bond motifs is 3. The average Bonchev–Trinajstić information content (AvgIpc) is 3.28. The number of ketones is 1. The lowest BCUT2D eigenvalue weighted by molar-refractivity contribution is -0.116. The number of carbonyl (C=O) groups excluding carboxylic acids is 1. The Kier molecular flexibility index (Phi) is 3.06. The molecule has 5 heterocycles. The highest BCUT2D eigenvalue weighted by Crippen LogP contribution is 2.34. The van der Waals surface area contributed by atoms with Crippen LogP contribution in [0.4, 0.5) is 5.69 Å². The number of ether oxygens (including phenoxy) is 1. The van der Waals surface area contributed by atoms with Crippen molar-refractivity contribution >= 4 is 11.5 Å². The zero-order chi connectivity index (χ0) is 16.8. The zero-order valence-corrected chi connectivity index (χ0v) is 13.4. The van der Waals surface area contributed by atoms with Crippen LogP contribution in [0.5, 0.6) is 5.88 Å². The molecule has 124 valence electrons. The Balaban J connectivity index is 1.47. The average molecular weight is 333 g/mol. The van der Waals surface area contributed by atoms with Crippen molar-refractivity contribution in [3.63, 3.8) is 0 Å². The molecular weight excluding hydrogens is 318 g/mol. The third-order valence-electron chi connectivity index (χ3n) is 4.54. The number of aromatic nitrogens is 4. The van der Waals surface area contributed by atoms with Crippen LogP contribution in [0.25, 0.3) is 17.1 Å². The fraction of sp³-hybridized carbons (Fsp3) is 0.222. The topological polar surface area (TPSA) is 73.1 Å². The van der Waals surface area contributed by atoms with Gasteiger partial charge in [-0.15, -0.1) is 0 Å². The molecule has 2 aliphatic heterocycles. The molecule has 0 radical (unpaired) electrons. The summed E-state index contributed by atoms with van der Waals surface area (Å²) in [5.41, 5.74) is 3.75. The van der Waals surface area contributed by atoms with Gasteiger partial charge in [0.05, 0.1) is 24.0 Å². The van der Waals surface area contributed by atoms with Crippen LogP contribution in [0.3, 0.4) is 0 Å². The SMILES string of the molecule is O=C1CCN(c2ccc(-n3cc4c(n3)-c3cccnc3OC4)nc2)C1. The molecule has 3 aromatic rings. The van der Waals surface area contributed by atoms with Gasteiger partial charge in [0, 0.05) is 30.9 Å². The predicted molar refractivity (Wildman–Crippen MR) is 90.8 cm³/mol. The summed E-state index contributed by atoms with van der Waals surface area (Å²) in [7, 11) is 0. The van der Waals surface area contributed by atoms with Crippen molar-refractivity contribution in [1.82, 2.24) is 19.7 Å². The van der Waals surface area contributed by atoms with Crippen molar-refractivity contribution < 1.29 is 9.53 Å². The van der Waals surface area contributed by atoms with Gasteiger partial charge in [-0.05, 0) is 24.3 Å². The molecule has 0 atom stereocenters. The van der Waals surface area contributed by atoms with Gasteiger partial charge in [0.15, 0.2) is 11.6 Å². The number of nitrogens with zero attached hydrogens (tertiary/aromatic N) is 5. The molecule has 0 aromatic carbocycles. The largest absolute Gasteiger partial charge is 0.472 e. The fourth-order valence-electron chi connectivity index (χ4n) is 3.24. The molecule has 0 aliphatic carbocycles.